The Bertz CT molecular complexity index is 827. The van der Waals surface area contributed by atoms with Gasteiger partial charge in [0, 0.05) is 42.0 Å². The number of rotatable bonds is 3. The summed E-state index contributed by atoms with van der Waals surface area (Å²) >= 11 is 0. The Labute approximate surface area is 173 Å². The summed E-state index contributed by atoms with van der Waals surface area (Å²) in [5.41, 5.74) is 4.85. The molecule has 2 N–H and O–H groups in total. The van der Waals surface area contributed by atoms with Crippen molar-refractivity contribution in [3.05, 3.63) is 29.5 Å². The number of carbonyl (C=O) groups is 1. The van der Waals surface area contributed by atoms with Crippen molar-refractivity contribution in [3.63, 3.8) is 0 Å². The van der Waals surface area contributed by atoms with Crippen LogP contribution in [0.5, 0.6) is 0 Å². The number of benzene rings is 1. The topological polar surface area (TPSA) is 56.8 Å². The Morgan fingerprint density at radius 2 is 1.97 bits per heavy atom. The fraction of sp³-hybridized carbons (Fsp3) is 0.609. The van der Waals surface area contributed by atoms with Gasteiger partial charge in [-0.1, -0.05) is 0 Å². The molecular weight excluding hydrogens is 364 g/mol. The lowest BCUT2D eigenvalue weighted by atomic mass is 9.97. The van der Waals surface area contributed by atoms with Crippen LogP contribution in [0.1, 0.15) is 45.1 Å². The zero-order valence-electron chi connectivity index (χ0n) is 17.7. The van der Waals surface area contributed by atoms with Crippen molar-refractivity contribution in [1.82, 2.24) is 10.2 Å². The normalized spacial score (nSPS) is 31.9. The van der Waals surface area contributed by atoms with Gasteiger partial charge in [-0.25, -0.2) is 0 Å². The molecule has 0 saturated carbocycles. The van der Waals surface area contributed by atoms with Gasteiger partial charge in [-0.2, -0.15) is 0 Å². The lowest BCUT2D eigenvalue weighted by molar-refractivity contribution is -0.113. The lowest BCUT2D eigenvalue weighted by Gasteiger charge is -2.37. The third kappa shape index (κ3) is 3.22. The van der Waals surface area contributed by atoms with Gasteiger partial charge in [0.1, 0.15) is 0 Å². The summed E-state index contributed by atoms with van der Waals surface area (Å²) < 4.78 is 5.63. The zero-order chi connectivity index (χ0) is 20.1. The first-order chi connectivity index (χ1) is 14.0. The number of hydrogen-bond donors (Lipinski definition) is 2. The molecular formula is C23H32N4O2. The number of anilines is 2. The van der Waals surface area contributed by atoms with E-state index >= 15 is 0 Å². The van der Waals surface area contributed by atoms with Gasteiger partial charge in [-0.15, -0.1) is 0 Å². The summed E-state index contributed by atoms with van der Waals surface area (Å²) in [6, 6.07) is 8.46. The summed E-state index contributed by atoms with van der Waals surface area (Å²) in [7, 11) is 2.28. The van der Waals surface area contributed by atoms with Crippen molar-refractivity contribution in [3.8, 4) is 0 Å². The number of carbonyl (C=O) groups excluding carboxylic acids is 1. The second-order valence-electron chi connectivity index (χ2n) is 9.20. The smallest absolute Gasteiger partial charge is 0.261 e. The van der Waals surface area contributed by atoms with Crippen LogP contribution in [-0.2, 0) is 9.53 Å². The zero-order valence-corrected chi connectivity index (χ0v) is 17.7. The maximum atomic E-state index is 13.3. The molecule has 1 aromatic rings. The van der Waals surface area contributed by atoms with Crippen LogP contribution in [0.4, 0.5) is 11.4 Å². The molecule has 6 heteroatoms. The number of amides is 1. The van der Waals surface area contributed by atoms with Crippen molar-refractivity contribution in [2.45, 2.75) is 63.7 Å². The standard InChI is InChI=1S/C23H32N4O2/c1-14(2)27-21-7-4-15(25-16-10-17-5-6-18(11-16)26(17)3)12-19(21)22(23(27)28)20-13-29-9-8-24-20/h4,7,12,14,16-18,24-25H,5-6,8-11,13H2,1-3H3/b22-20-/t16?,17-,18+. The number of piperidine rings is 1. The molecule has 0 spiro atoms. The van der Waals surface area contributed by atoms with Crippen LogP contribution in [0.2, 0.25) is 0 Å². The van der Waals surface area contributed by atoms with Crippen molar-refractivity contribution in [2.24, 2.45) is 0 Å². The van der Waals surface area contributed by atoms with E-state index in [1.165, 1.54) is 25.7 Å². The highest BCUT2D eigenvalue weighted by molar-refractivity contribution is 6.33. The molecule has 3 saturated heterocycles. The van der Waals surface area contributed by atoms with E-state index in [0.717, 1.165) is 34.8 Å². The maximum Gasteiger partial charge on any atom is 0.261 e. The number of nitrogens with one attached hydrogen (secondary N) is 2. The SMILES string of the molecule is CC(C)N1C(=O)/C(=C2/COCCN2)c2cc(NC3C[C@H]4CC[C@@H](C3)N4C)ccc21. The second kappa shape index (κ2) is 7.33. The molecule has 3 atom stereocenters. The van der Waals surface area contributed by atoms with Gasteiger partial charge in [0.2, 0.25) is 0 Å². The van der Waals surface area contributed by atoms with E-state index in [-0.39, 0.29) is 11.9 Å². The van der Waals surface area contributed by atoms with E-state index in [4.69, 9.17) is 4.74 Å². The molecule has 4 heterocycles. The molecule has 0 radical (unpaired) electrons. The van der Waals surface area contributed by atoms with Crippen LogP contribution in [0.15, 0.2) is 23.9 Å². The third-order valence-corrected chi connectivity index (χ3v) is 7.08. The molecule has 0 aliphatic carbocycles. The van der Waals surface area contributed by atoms with Gasteiger partial charge in [0.25, 0.3) is 5.91 Å². The van der Waals surface area contributed by atoms with Crippen LogP contribution in [0, 0.1) is 0 Å². The molecule has 156 valence electrons. The largest absolute Gasteiger partial charge is 0.383 e. The predicted octanol–water partition coefficient (Wildman–Crippen LogP) is 2.81. The Hall–Kier alpha value is -2.05. The molecule has 29 heavy (non-hydrogen) atoms. The molecule has 4 aliphatic rings. The molecule has 2 bridgehead atoms. The van der Waals surface area contributed by atoms with Crippen molar-refractivity contribution >= 4 is 22.9 Å². The number of morpholine rings is 1. The Morgan fingerprint density at radius 1 is 1.21 bits per heavy atom. The van der Waals surface area contributed by atoms with Crippen LogP contribution in [-0.4, -0.2) is 61.8 Å². The van der Waals surface area contributed by atoms with Gasteiger partial charge in [-0.05, 0) is 64.8 Å². The molecule has 6 nitrogen and oxygen atoms in total. The molecule has 1 aromatic carbocycles. The number of fused-ring (bicyclic) bond motifs is 3. The molecule has 1 unspecified atom stereocenters. The summed E-state index contributed by atoms with van der Waals surface area (Å²) in [5.74, 6) is 0.0810. The molecule has 1 amide bonds. The van der Waals surface area contributed by atoms with Crippen LogP contribution in [0.25, 0.3) is 5.57 Å². The van der Waals surface area contributed by atoms with E-state index < -0.39 is 0 Å². The Kier molecular flexibility index (Phi) is 4.79. The van der Waals surface area contributed by atoms with Crippen molar-refractivity contribution in [2.75, 3.05) is 37.0 Å². The summed E-state index contributed by atoms with van der Waals surface area (Å²) in [6.45, 7) is 6.05. The van der Waals surface area contributed by atoms with E-state index in [9.17, 15) is 4.79 Å². The van der Waals surface area contributed by atoms with E-state index in [2.05, 4.69) is 54.6 Å². The van der Waals surface area contributed by atoms with E-state index in [1.807, 2.05) is 4.90 Å². The highest BCUT2D eigenvalue weighted by Gasteiger charge is 2.39. The highest BCUT2D eigenvalue weighted by atomic mass is 16.5. The van der Waals surface area contributed by atoms with Gasteiger partial charge in [0.05, 0.1) is 30.2 Å². The number of ether oxygens (including phenoxy) is 1. The van der Waals surface area contributed by atoms with Crippen molar-refractivity contribution < 1.29 is 9.53 Å². The van der Waals surface area contributed by atoms with Crippen LogP contribution < -0.4 is 15.5 Å². The molecule has 5 rings (SSSR count). The summed E-state index contributed by atoms with van der Waals surface area (Å²) in [6.07, 6.45) is 5.04. The van der Waals surface area contributed by atoms with E-state index in [1.54, 1.807) is 0 Å². The first-order valence-electron chi connectivity index (χ1n) is 11.0. The first-order valence-corrected chi connectivity index (χ1v) is 11.0. The fourth-order valence-electron chi connectivity index (χ4n) is 5.61. The summed E-state index contributed by atoms with van der Waals surface area (Å²) in [5, 5.41) is 7.18. The Morgan fingerprint density at radius 3 is 2.62 bits per heavy atom. The minimum Gasteiger partial charge on any atom is -0.383 e. The fourth-order valence-corrected chi connectivity index (χ4v) is 5.61. The lowest BCUT2D eigenvalue weighted by Crippen LogP contribution is -2.44. The van der Waals surface area contributed by atoms with E-state index in [0.29, 0.717) is 31.3 Å². The van der Waals surface area contributed by atoms with Crippen molar-refractivity contribution in [1.29, 1.82) is 0 Å². The third-order valence-electron chi connectivity index (χ3n) is 7.08. The maximum absolute atomic E-state index is 13.3. The number of nitrogens with zero attached hydrogens (tertiary/aromatic N) is 2. The monoisotopic (exact) mass is 396 g/mol. The summed E-state index contributed by atoms with van der Waals surface area (Å²) in [4.78, 5) is 17.8. The van der Waals surface area contributed by atoms with Gasteiger partial charge in [0.15, 0.2) is 0 Å². The quantitative estimate of drug-likeness (QED) is 0.770. The van der Waals surface area contributed by atoms with Gasteiger partial charge in [-0.3, -0.25) is 4.79 Å². The highest BCUT2D eigenvalue weighted by Crippen LogP contribution is 2.42. The second-order valence-corrected chi connectivity index (χ2v) is 9.20. The first kappa shape index (κ1) is 18.9. The molecule has 0 aromatic heterocycles. The van der Waals surface area contributed by atoms with Gasteiger partial charge < -0.3 is 25.2 Å². The minimum absolute atomic E-state index is 0.0810. The predicted molar refractivity (Wildman–Crippen MR) is 116 cm³/mol. The number of hydrogen-bond acceptors (Lipinski definition) is 5. The molecule has 4 aliphatic heterocycles. The average Bonchev–Trinajstić information content (AvgIpc) is 3.09. The average molecular weight is 397 g/mol. The van der Waals surface area contributed by atoms with Gasteiger partial charge >= 0.3 is 0 Å². The van der Waals surface area contributed by atoms with Crippen LogP contribution >= 0.6 is 0 Å². The minimum atomic E-state index is 0.0810. The molecule has 3 fully saturated rings. The Balaban J connectivity index is 1.46. The van der Waals surface area contributed by atoms with Crippen LogP contribution in [0.3, 0.4) is 0 Å².